The number of nitrogens with zero attached hydrogens (tertiary/aromatic N) is 3. The summed E-state index contributed by atoms with van der Waals surface area (Å²) in [6, 6.07) is 9.65. The highest BCUT2D eigenvalue weighted by Gasteiger charge is 2.39. The van der Waals surface area contributed by atoms with Crippen molar-refractivity contribution in [3.63, 3.8) is 0 Å². The molecule has 0 aromatic heterocycles. The van der Waals surface area contributed by atoms with Crippen LogP contribution < -0.4 is 5.32 Å². The van der Waals surface area contributed by atoms with Crippen LogP contribution in [0.15, 0.2) is 30.3 Å². The van der Waals surface area contributed by atoms with Crippen molar-refractivity contribution in [1.82, 2.24) is 18.8 Å². The van der Waals surface area contributed by atoms with Crippen molar-refractivity contribution in [3.05, 3.63) is 35.9 Å². The van der Waals surface area contributed by atoms with E-state index in [0.29, 0.717) is 39.3 Å². The molecular formula is C21H32N4O4S. The topological polar surface area (TPSA) is 82.2 Å². The second-order valence-electron chi connectivity index (χ2n) is 8.61. The van der Waals surface area contributed by atoms with Crippen LogP contribution in [0.5, 0.6) is 0 Å². The van der Waals surface area contributed by atoms with Gasteiger partial charge in [0.1, 0.15) is 6.04 Å². The lowest BCUT2D eigenvalue weighted by Crippen LogP contribution is -2.58. The smallest absolute Gasteiger partial charge is 0.282 e. The molecule has 2 saturated heterocycles. The molecule has 1 aromatic rings. The van der Waals surface area contributed by atoms with Crippen LogP contribution in [0.2, 0.25) is 0 Å². The zero-order chi connectivity index (χ0) is 21.3. The standard InChI is InChI=1S/C21H32N4O4S/c1-16-14-25(15-17(2)29-16)30(27,28)24-12-10-23(11-13-24)20(18-6-4-3-5-7-18)21(26)22-19-8-9-19/h3-7,16-17,19-20H,8-15H2,1-2H3,(H,22,26). The van der Waals surface area contributed by atoms with E-state index >= 15 is 0 Å². The number of ether oxygens (including phenoxy) is 1. The van der Waals surface area contributed by atoms with Gasteiger partial charge in [-0.1, -0.05) is 30.3 Å². The highest BCUT2D eigenvalue weighted by molar-refractivity contribution is 7.86. The van der Waals surface area contributed by atoms with Crippen molar-refractivity contribution < 1.29 is 17.9 Å². The Balaban J connectivity index is 1.44. The van der Waals surface area contributed by atoms with E-state index in [1.807, 2.05) is 44.2 Å². The maximum atomic E-state index is 13.2. The van der Waals surface area contributed by atoms with E-state index in [1.54, 1.807) is 4.31 Å². The van der Waals surface area contributed by atoms with Gasteiger partial charge in [0.15, 0.2) is 0 Å². The predicted molar refractivity (Wildman–Crippen MR) is 114 cm³/mol. The van der Waals surface area contributed by atoms with E-state index in [-0.39, 0.29) is 30.2 Å². The molecule has 1 aliphatic carbocycles. The fourth-order valence-corrected chi connectivity index (χ4v) is 6.09. The van der Waals surface area contributed by atoms with Crippen LogP contribution in [0.4, 0.5) is 0 Å². The number of piperazine rings is 1. The van der Waals surface area contributed by atoms with Crippen LogP contribution in [0, 0.1) is 0 Å². The van der Waals surface area contributed by atoms with E-state index in [1.165, 1.54) is 4.31 Å². The molecule has 166 valence electrons. The summed E-state index contributed by atoms with van der Waals surface area (Å²) in [5.74, 6) is 0.0100. The van der Waals surface area contributed by atoms with Gasteiger partial charge < -0.3 is 10.1 Å². The number of benzene rings is 1. The second kappa shape index (κ2) is 8.92. The van der Waals surface area contributed by atoms with Crippen molar-refractivity contribution in [3.8, 4) is 0 Å². The van der Waals surface area contributed by atoms with Gasteiger partial charge in [-0.3, -0.25) is 9.69 Å². The van der Waals surface area contributed by atoms with Crippen molar-refractivity contribution in [2.75, 3.05) is 39.3 Å². The average molecular weight is 437 g/mol. The fourth-order valence-electron chi connectivity index (χ4n) is 4.35. The number of carbonyl (C=O) groups excluding carboxylic acids is 1. The molecule has 30 heavy (non-hydrogen) atoms. The summed E-state index contributed by atoms with van der Waals surface area (Å²) in [5, 5.41) is 3.12. The summed E-state index contributed by atoms with van der Waals surface area (Å²) < 4.78 is 35.1. The molecule has 2 aliphatic heterocycles. The molecule has 0 radical (unpaired) electrons. The molecule has 3 aliphatic rings. The quantitative estimate of drug-likeness (QED) is 0.719. The third kappa shape index (κ3) is 4.86. The highest BCUT2D eigenvalue weighted by Crippen LogP contribution is 2.27. The van der Waals surface area contributed by atoms with Crippen LogP contribution >= 0.6 is 0 Å². The summed E-state index contributed by atoms with van der Waals surface area (Å²) >= 11 is 0. The Bertz CT molecular complexity index is 828. The van der Waals surface area contributed by atoms with E-state index in [9.17, 15) is 13.2 Å². The summed E-state index contributed by atoms with van der Waals surface area (Å²) in [4.78, 5) is 15.1. The first-order chi connectivity index (χ1) is 14.3. The number of rotatable bonds is 6. The largest absolute Gasteiger partial charge is 0.373 e. The normalized spacial score (nSPS) is 28.2. The number of amides is 1. The van der Waals surface area contributed by atoms with Crippen molar-refractivity contribution in [2.45, 2.75) is 51.0 Å². The molecule has 3 fully saturated rings. The van der Waals surface area contributed by atoms with Gasteiger partial charge in [-0.15, -0.1) is 0 Å². The van der Waals surface area contributed by atoms with Crippen LogP contribution in [0.1, 0.15) is 38.3 Å². The third-order valence-corrected chi connectivity index (χ3v) is 7.93. The van der Waals surface area contributed by atoms with Crippen molar-refractivity contribution >= 4 is 16.1 Å². The molecule has 2 heterocycles. The van der Waals surface area contributed by atoms with Gasteiger partial charge in [0.2, 0.25) is 5.91 Å². The molecule has 8 nitrogen and oxygen atoms in total. The van der Waals surface area contributed by atoms with E-state index in [2.05, 4.69) is 10.2 Å². The number of carbonyl (C=O) groups is 1. The first-order valence-corrected chi connectivity index (χ1v) is 12.2. The zero-order valence-electron chi connectivity index (χ0n) is 17.7. The molecule has 9 heteroatoms. The molecular weight excluding hydrogens is 404 g/mol. The number of morpholine rings is 1. The molecule has 3 atom stereocenters. The van der Waals surface area contributed by atoms with Crippen molar-refractivity contribution in [2.24, 2.45) is 0 Å². The number of hydrogen-bond donors (Lipinski definition) is 1. The van der Waals surface area contributed by atoms with Gasteiger partial charge in [0.05, 0.1) is 12.2 Å². The van der Waals surface area contributed by atoms with Crippen LogP contribution in [-0.4, -0.2) is 85.4 Å². The minimum atomic E-state index is -3.53. The molecule has 1 N–H and O–H groups in total. The van der Waals surface area contributed by atoms with Gasteiger partial charge in [0.25, 0.3) is 10.2 Å². The molecule has 4 rings (SSSR count). The van der Waals surface area contributed by atoms with Gasteiger partial charge in [-0.25, -0.2) is 0 Å². The minimum Gasteiger partial charge on any atom is -0.373 e. The van der Waals surface area contributed by atoms with Crippen molar-refractivity contribution in [1.29, 1.82) is 0 Å². The van der Waals surface area contributed by atoms with Gasteiger partial charge in [-0.05, 0) is 32.3 Å². The van der Waals surface area contributed by atoms with Crippen LogP contribution in [-0.2, 0) is 19.7 Å². The minimum absolute atomic E-state index is 0.0100. The maximum absolute atomic E-state index is 13.2. The SMILES string of the molecule is CC1CN(S(=O)(=O)N2CCN(C(C(=O)NC3CC3)c3ccccc3)CC2)CC(C)O1. The Morgan fingerprint density at radius 3 is 2.17 bits per heavy atom. The second-order valence-corrected chi connectivity index (χ2v) is 10.5. The van der Waals surface area contributed by atoms with Crippen LogP contribution in [0.3, 0.4) is 0 Å². The molecule has 1 amide bonds. The Kier molecular flexibility index (Phi) is 6.45. The molecule has 1 saturated carbocycles. The lowest BCUT2D eigenvalue weighted by Gasteiger charge is -2.41. The monoisotopic (exact) mass is 436 g/mol. The van der Waals surface area contributed by atoms with Gasteiger partial charge in [0, 0.05) is 45.3 Å². The molecule has 1 aromatic carbocycles. The van der Waals surface area contributed by atoms with E-state index in [4.69, 9.17) is 4.74 Å². The number of hydrogen-bond acceptors (Lipinski definition) is 5. The fraction of sp³-hybridized carbons (Fsp3) is 0.667. The van der Waals surface area contributed by atoms with Gasteiger partial charge >= 0.3 is 0 Å². The van der Waals surface area contributed by atoms with Crippen LogP contribution in [0.25, 0.3) is 0 Å². The average Bonchev–Trinajstić information content (AvgIpc) is 3.53. The van der Waals surface area contributed by atoms with Gasteiger partial charge in [-0.2, -0.15) is 17.0 Å². The first-order valence-electron chi connectivity index (χ1n) is 10.8. The molecule has 0 spiro atoms. The summed E-state index contributed by atoms with van der Waals surface area (Å²) in [6.07, 6.45) is 1.85. The van der Waals surface area contributed by atoms with E-state index in [0.717, 1.165) is 18.4 Å². The first kappa shape index (κ1) is 21.7. The summed E-state index contributed by atoms with van der Waals surface area (Å²) in [6.45, 7) is 6.36. The highest BCUT2D eigenvalue weighted by atomic mass is 32.2. The third-order valence-electron chi connectivity index (χ3n) is 5.96. The Labute approximate surface area is 179 Å². The Morgan fingerprint density at radius 1 is 1.00 bits per heavy atom. The lowest BCUT2D eigenvalue weighted by atomic mass is 10.0. The summed E-state index contributed by atoms with van der Waals surface area (Å²) in [7, 11) is -3.53. The van der Waals surface area contributed by atoms with E-state index < -0.39 is 10.2 Å². The molecule has 0 bridgehead atoms. The number of nitrogens with one attached hydrogen (secondary N) is 1. The maximum Gasteiger partial charge on any atom is 0.282 e. The Hall–Kier alpha value is -1.52. The predicted octanol–water partition coefficient (Wildman–Crippen LogP) is 0.978. The lowest BCUT2D eigenvalue weighted by molar-refractivity contribution is -0.127. The zero-order valence-corrected chi connectivity index (χ0v) is 18.6. The Morgan fingerprint density at radius 2 is 1.60 bits per heavy atom. The molecule has 3 unspecified atom stereocenters. The summed E-state index contributed by atoms with van der Waals surface area (Å²) in [5.41, 5.74) is 0.947.